The first-order valence-electron chi connectivity index (χ1n) is 7.66. The zero-order chi connectivity index (χ0) is 17.6. The van der Waals surface area contributed by atoms with Gasteiger partial charge >= 0.3 is 0 Å². The van der Waals surface area contributed by atoms with E-state index in [1.165, 1.54) is 11.8 Å². The van der Waals surface area contributed by atoms with Crippen molar-refractivity contribution >= 4 is 40.6 Å². The number of nitrogens with one attached hydrogen (secondary N) is 1. The van der Waals surface area contributed by atoms with E-state index < -0.39 is 0 Å². The van der Waals surface area contributed by atoms with Gasteiger partial charge in [0.15, 0.2) is 0 Å². The van der Waals surface area contributed by atoms with Gasteiger partial charge in [-0.1, -0.05) is 29.8 Å². The van der Waals surface area contributed by atoms with Crippen LogP contribution in [0.4, 0.5) is 0 Å². The zero-order valence-electron chi connectivity index (χ0n) is 13.2. The summed E-state index contributed by atoms with van der Waals surface area (Å²) in [5, 5.41) is 15.5. The fourth-order valence-corrected chi connectivity index (χ4v) is 4.45. The molecule has 128 valence electrons. The number of thiophene rings is 1. The molecule has 2 heterocycles. The van der Waals surface area contributed by atoms with Crippen molar-refractivity contribution in [3.8, 4) is 11.8 Å². The second-order valence-corrected chi connectivity index (χ2v) is 7.79. The number of amides is 1. The van der Waals surface area contributed by atoms with Gasteiger partial charge in [-0.15, -0.1) is 23.1 Å². The van der Waals surface area contributed by atoms with Gasteiger partial charge in [-0.25, -0.2) is 0 Å². The van der Waals surface area contributed by atoms with Crippen molar-refractivity contribution in [3.63, 3.8) is 0 Å². The molecular formula is C18H15ClN2O2S2. The van der Waals surface area contributed by atoms with Gasteiger partial charge in [0, 0.05) is 23.0 Å². The molecule has 7 heteroatoms. The largest absolute Gasteiger partial charge is 0.491 e. The van der Waals surface area contributed by atoms with Crippen molar-refractivity contribution < 1.29 is 9.53 Å². The Labute approximate surface area is 159 Å². The van der Waals surface area contributed by atoms with Gasteiger partial charge in [0.25, 0.3) is 0 Å². The number of para-hydroxylation sites is 1. The van der Waals surface area contributed by atoms with E-state index in [-0.39, 0.29) is 11.8 Å². The van der Waals surface area contributed by atoms with E-state index in [1.54, 1.807) is 17.4 Å². The molecule has 0 radical (unpaired) electrons. The highest BCUT2D eigenvalue weighted by Gasteiger charge is 2.30. The number of carbonyl (C=O) groups excluding carboxylic acids is 1. The average molecular weight is 391 g/mol. The van der Waals surface area contributed by atoms with E-state index in [0.29, 0.717) is 40.2 Å². The molecule has 0 unspecified atom stereocenters. The summed E-state index contributed by atoms with van der Waals surface area (Å²) in [6.07, 6.45) is 0.309. The Morgan fingerprint density at radius 2 is 2.20 bits per heavy atom. The third-order valence-electron chi connectivity index (χ3n) is 3.67. The van der Waals surface area contributed by atoms with E-state index in [4.69, 9.17) is 16.3 Å². The molecule has 1 aliphatic heterocycles. The maximum absolute atomic E-state index is 12.0. The quantitative estimate of drug-likeness (QED) is 0.735. The third kappa shape index (κ3) is 4.37. The minimum atomic E-state index is -0.161. The van der Waals surface area contributed by atoms with Gasteiger partial charge in [-0.05, 0) is 23.6 Å². The van der Waals surface area contributed by atoms with Gasteiger partial charge in [-0.3, -0.25) is 4.79 Å². The number of rotatable bonds is 6. The molecule has 0 spiro atoms. The summed E-state index contributed by atoms with van der Waals surface area (Å²) in [5.41, 5.74) is 0.616. The van der Waals surface area contributed by atoms with Gasteiger partial charge in [0.05, 0.1) is 28.3 Å². The Morgan fingerprint density at radius 1 is 1.36 bits per heavy atom. The van der Waals surface area contributed by atoms with Gasteiger partial charge in [-0.2, -0.15) is 5.26 Å². The molecule has 2 aromatic rings. The van der Waals surface area contributed by atoms with Crippen LogP contribution in [0.15, 0.2) is 52.4 Å². The number of carbonyl (C=O) groups is 1. The normalized spacial score (nSPS) is 17.1. The molecule has 4 nitrogen and oxygen atoms in total. The molecule has 0 saturated heterocycles. The van der Waals surface area contributed by atoms with Crippen molar-refractivity contribution in [2.45, 2.75) is 12.3 Å². The lowest BCUT2D eigenvalue weighted by atomic mass is 9.93. The first-order valence-corrected chi connectivity index (χ1v) is 9.91. The topological polar surface area (TPSA) is 62.1 Å². The lowest BCUT2D eigenvalue weighted by Crippen LogP contribution is -2.30. The predicted molar refractivity (Wildman–Crippen MR) is 102 cm³/mol. The number of nitriles is 1. The fourth-order valence-electron chi connectivity index (χ4n) is 2.52. The summed E-state index contributed by atoms with van der Waals surface area (Å²) in [7, 11) is 0. The van der Waals surface area contributed by atoms with E-state index in [2.05, 4.69) is 11.4 Å². The van der Waals surface area contributed by atoms with Crippen LogP contribution in [0.5, 0.6) is 5.75 Å². The van der Waals surface area contributed by atoms with Crippen molar-refractivity contribution in [3.05, 3.63) is 62.3 Å². The molecule has 0 aliphatic carbocycles. The van der Waals surface area contributed by atoms with Crippen molar-refractivity contribution in [2.75, 3.05) is 12.4 Å². The van der Waals surface area contributed by atoms with Crippen LogP contribution in [0, 0.1) is 11.3 Å². The van der Waals surface area contributed by atoms with Crippen molar-refractivity contribution in [1.82, 2.24) is 5.32 Å². The Kier molecular flexibility index (Phi) is 6.03. The van der Waals surface area contributed by atoms with E-state index >= 15 is 0 Å². The molecule has 0 saturated carbocycles. The Hall–Kier alpha value is -1.94. The lowest BCUT2D eigenvalue weighted by molar-refractivity contribution is -0.120. The highest BCUT2D eigenvalue weighted by Crippen LogP contribution is 2.37. The lowest BCUT2D eigenvalue weighted by Gasteiger charge is -2.24. The first kappa shape index (κ1) is 17.9. The monoisotopic (exact) mass is 390 g/mol. The van der Waals surface area contributed by atoms with E-state index in [1.807, 2.05) is 35.7 Å². The summed E-state index contributed by atoms with van der Waals surface area (Å²) in [6, 6.07) is 13.5. The molecule has 1 aromatic carbocycles. The van der Waals surface area contributed by atoms with E-state index in [0.717, 1.165) is 4.88 Å². The number of benzene rings is 1. The highest BCUT2D eigenvalue weighted by atomic mass is 35.5. The highest BCUT2D eigenvalue weighted by molar-refractivity contribution is 8.03. The zero-order valence-corrected chi connectivity index (χ0v) is 15.6. The van der Waals surface area contributed by atoms with Crippen LogP contribution < -0.4 is 10.1 Å². The summed E-state index contributed by atoms with van der Waals surface area (Å²) in [5.74, 6) is 1.00. The number of allylic oxidation sites excluding steroid dienone is 1. The number of nitrogens with zero attached hydrogens (tertiary/aromatic N) is 1. The minimum Gasteiger partial charge on any atom is -0.491 e. The van der Waals surface area contributed by atoms with Gasteiger partial charge in [0.1, 0.15) is 5.75 Å². The smallest absolute Gasteiger partial charge is 0.225 e. The minimum absolute atomic E-state index is 0.0630. The number of thioether (sulfide) groups is 1. The molecule has 1 aromatic heterocycles. The SMILES string of the molecule is N#CC1=C(SCCOc2ccccc2Cl)NC(=O)C[C@@H]1c1cccs1. The molecule has 1 N–H and O–H groups in total. The maximum atomic E-state index is 12.0. The van der Waals surface area contributed by atoms with Crippen LogP contribution in [-0.4, -0.2) is 18.3 Å². The van der Waals surface area contributed by atoms with Crippen LogP contribution in [0.25, 0.3) is 0 Å². The number of hydrogen-bond acceptors (Lipinski definition) is 5. The molecular weight excluding hydrogens is 376 g/mol. The Balaban J connectivity index is 1.66. The molecule has 0 bridgehead atoms. The second-order valence-electron chi connectivity index (χ2n) is 5.30. The molecule has 1 aliphatic rings. The first-order chi connectivity index (χ1) is 12.2. The van der Waals surface area contributed by atoms with Crippen LogP contribution in [-0.2, 0) is 4.79 Å². The van der Waals surface area contributed by atoms with E-state index in [9.17, 15) is 10.1 Å². The molecule has 1 amide bonds. The van der Waals surface area contributed by atoms with Crippen molar-refractivity contribution in [1.29, 1.82) is 5.26 Å². The molecule has 25 heavy (non-hydrogen) atoms. The summed E-state index contributed by atoms with van der Waals surface area (Å²) >= 11 is 9.04. The average Bonchev–Trinajstić information content (AvgIpc) is 3.14. The summed E-state index contributed by atoms with van der Waals surface area (Å²) in [6.45, 7) is 0.427. The fraction of sp³-hybridized carbons (Fsp3) is 0.222. The molecule has 3 rings (SSSR count). The van der Waals surface area contributed by atoms with Gasteiger partial charge < -0.3 is 10.1 Å². The van der Waals surface area contributed by atoms with Crippen LogP contribution in [0.1, 0.15) is 17.2 Å². The molecule has 1 atom stereocenters. The third-order valence-corrected chi connectivity index (χ3v) is 5.95. The Bertz CT molecular complexity index is 828. The predicted octanol–water partition coefficient (Wildman–Crippen LogP) is 4.55. The van der Waals surface area contributed by atoms with Gasteiger partial charge in [0.2, 0.25) is 5.91 Å². The number of ether oxygens (including phenoxy) is 1. The van der Waals surface area contributed by atoms with Crippen LogP contribution in [0.3, 0.4) is 0 Å². The molecule has 0 fully saturated rings. The number of hydrogen-bond donors (Lipinski definition) is 1. The van der Waals surface area contributed by atoms with Crippen LogP contribution >= 0.6 is 34.7 Å². The Morgan fingerprint density at radius 3 is 2.92 bits per heavy atom. The summed E-state index contributed by atoms with van der Waals surface area (Å²) < 4.78 is 5.65. The number of halogens is 1. The van der Waals surface area contributed by atoms with Crippen LogP contribution in [0.2, 0.25) is 5.02 Å². The van der Waals surface area contributed by atoms with Crippen molar-refractivity contribution in [2.24, 2.45) is 0 Å². The maximum Gasteiger partial charge on any atom is 0.225 e. The summed E-state index contributed by atoms with van der Waals surface area (Å²) in [4.78, 5) is 13.1. The standard InChI is InChI=1S/C18H15ClN2O2S2/c19-14-4-1-2-5-15(14)23-7-9-25-18-13(11-20)12(10-17(22)21-18)16-6-3-8-24-16/h1-6,8,12H,7,9-10H2,(H,21,22)/t12-/m0/s1. The second kappa shape index (κ2) is 8.43.